The smallest absolute Gasteiger partial charge is 0.321 e. The van der Waals surface area contributed by atoms with Gasteiger partial charge in [-0.2, -0.15) is 0 Å². The summed E-state index contributed by atoms with van der Waals surface area (Å²) in [5, 5.41) is 7.38. The monoisotopic (exact) mass is 612 g/mol. The van der Waals surface area contributed by atoms with Crippen molar-refractivity contribution < 1.29 is 13.6 Å². The normalized spacial score (nSPS) is 13.2. The van der Waals surface area contributed by atoms with Gasteiger partial charge < -0.3 is 24.9 Å². The molecule has 4 aromatic carbocycles. The number of aromatic nitrogens is 2. The van der Waals surface area contributed by atoms with E-state index in [1.54, 1.807) is 12.1 Å². The van der Waals surface area contributed by atoms with E-state index < -0.39 is 0 Å². The van der Waals surface area contributed by atoms with Crippen LogP contribution in [0.25, 0.3) is 33.6 Å². The number of hydrogen-bond donors (Lipinski definition) is 2. The Morgan fingerprint density at radius 3 is 2.15 bits per heavy atom. The number of carbonyl (C=O) groups excluding carboxylic acids is 1. The van der Waals surface area contributed by atoms with Crippen molar-refractivity contribution in [2.45, 2.75) is 6.42 Å². The lowest BCUT2D eigenvalue weighted by Gasteiger charge is -2.36. The van der Waals surface area contributed by atoms with Gasteiger partial charge in [0.25, 0.3) is 0 Å². The van der Waals surface area contributed by atoms with E-state index in [2.05, 4.69) is 37.6 Å². The Balaban J connectivity index is 0.987. The average molecular weight is 613 g/mol. The fraction of sp³-hybridized carbons (Fsp3) is 0.162. The maximum atomic E-state index is 13.3. The molecule has 2 amide bonds. The number of fused-ring (bicyclic) bond motifs is 1. The first-order valence-corrected chi connectivity index (χ1v) is 15.4. The Labute approximate surface area is 266 Å². The molecule has 1 saturated heterocycles. The van der Waals surface area contributed by atoms with Crippen molar-refractivity contribution in [3.05, 3.63) is 127 Å². The van der Waals surface area contributed by atoms with Crippen molar-refractivity contribution in [2.75, 3.05) is 48.3 Å². The van der Waals surface area contributed by atoms with Crippen molar-refractivity contribution in [3.63, 3.8) is 0 Å². The maximum Gasteiger partial charge on any atom is 0.321 e. The Hall–Kier alpha value is -5.70. The van der Waals surface area contributed by atoms with Gasteiger partial charge in [0.15, 0.2) is 0 Å². The second-order valence-corrected chi connectivity index (χ2v) is 11.2. The Kier molecular flexibility index (Phi) is 8.28. The number of nitrogens with one attached hydrogen (secondary N) is 2. The molecule has 8 nitrogen and oxygen atoms in total. The molecule has 6 aromatic rings. The lowest BCUT2D eigenvalue weighted by atomic mass is 9.99. The Bertz CT molecular complexity index is 1920. The molecule has 0 aliphatic carbocycles. The Morgan fingerprint density at radius 2 is 1.46 bits per heavy atom. The second-order valence-electron chi connectivity index (χ2n) is 11.2. The fourth-order valence-corrected chi connectivity index (χ4v) is 5.84. The van der Waals surface area contributed by atoms with Crippen LogP contribution in [0.5, 0.6) is 0 Å². The molecule has 46 heavy (non-hydrogen) atoms. The van der Waals surface area contributed by atoms with E-state index >= 15 is 0 Å². The molecule has 2 aromatic heterocycles. The van der Waals surface area contributed by atoms with Crippen LogP contribution >= 0.6 is 0 Å². The largest absolute Gasteiger partial charge is 0.437 e. The zero-order valence-corrected chi connectivity index (χ0v) is 25.2. The minimum absolute atomic E-state index is 0.120. The van der Waals surface area contributed by atoms with Crippen LogP contribution in [0, 0.1) is 5.82 Å². The molecule has 0 spiro atoms. The van der Waals surface area contributed by atoms with Gasteiger partial charge in [-0.3, -0.25) is 0 Å². The molecule has 0 unspecified atom stereocenters. The van der Waals surface area contributed by atoms with Gasteiger partial charge in [0.05, 0.1) is 5.39 Å². The number of piperazine rings is 1. The zero-order valence-electron chi connectivity index (χ0n) is 25.2. The summed E-state index contributed by atoms with van der Waals surface area (Å²) < 4.78 is 19.6. The molecule has 7 rings (SSSR count). The molecule has 0 radical (unpaired) electrons. The fourth-order valence-electron chi connectivity index (χ4n) is 5.84. The van der Waals surface area contributed by atoms with E-state index in [1.165, 1.54) is 18.5 Å². The second kappa shape index (κ2) is 13.1. The van der Waals surface area contributed by atoms with Gasteiger partial charge in [-0.15, -0.1) is 0 Å². The van der Waals surface area contributed by atoms with E-state index in [9.17, 15) is 9.18 Å². The van der Waals surface area contributed by atoms with Crippen LogP contribution in [0.4, 0.5) is 26.4 Å². The van der Waals surface area contributed by atoms with Crippen LogP contribution in [0.1, 0.15) is 5.56 Å². The molecule has 1 aliphatic heterocycles. The van der Waals surface area contributed by atoms with Crippen molar-refractivity contribution in [1.29, 1.82) is 0 Å². The minimum Gasteiger partial charge on any atom is -0.437 e. The summed E-state index contributed by atoms with van der Waals surface area (Å²) in [5.41, 5.74) is 6.35. The first-order valence-electron chi connectivity index (χ1n) is 15.4. The molecule has 9 heteroatoms. The lowest BCUT2D eigenvalue weighted by molar-refractivity contribution is 0.208. The standard InChI is InChI=1S/C37H33FN6O2/c38-29-13-17-31(18-14-29)43-21-23-44(24-22-43)37(45)42-30-15-11-26(12-16-30)19-20-39-35-33-32(27-7-3-1-4-8-27)34(28-9-5-2-6-10-28)46-36(33)41-25-40-35/h1-18,25H,19-24H2,(H,42,45)(H,39,40,41). The summed E-state index contributed by atoms with van der Waals surface area (Å²) in [4.78, 5) is 25.9. The number of furan rings is 1. The van der Waals surface area contributed by atoms with Crippen molar-refractivity contribution >= 4 is 34.3 Å². The topological polar surface area (TPSA) is 86.5 Å². The van der Waals surface area contributed by atoms with Crippen LogP contribution in [-0.2, 0) is 6.42 Å². The summed E-state index contributed by atoms with van der Waals surface area (Å²) in [6, 6.07) is 34.5. The predicted octanol–water partition coefficient (Wildman–Crippen LogP) is 7.70. The van der Waals surface area contributed by atoms with Gasteiger partial charge >= 0.3 is 6.03 Å². The number of rotatable bonds is 8. The van der Waals surface area contributed by atoms with Crippen LogP contribution in [0.3, 0.4) is 0 Å². The van der Waals surface area contributed by atoms with Gasteiger partial charge in [-0.1, -0.05) is 72.8 Å². The number of nitrogens with zero attached hydrogens (tertiary/aromatic N) is 4. The average Bonchev–Trinajstić information content (AvgIpc) is 3.51. The summed E-state index contributed by atoms with van der Waals surface area (Å²) in [6.45, 7) is 3.24. The van der Waals surface area contributed by atoms with Crippen LogP contribution in [-0.4, -0.2) is 53.6 Å². The van der Waals surface area contributed by atoms with E-state index in [0.29, 0.717) is 38.4 Å². The highest BCUT2D eigenvalue weighted by atomic mass is 19.1. The van der Waals surface area contributed by atoms with E-state index in [-0.39, 0.29) is 11.8 Å². The third-order valence-corrected chi connectivity index (χ3v) is 8.26. The zero-order chi connectivity index (χ0) is 31.3. The number of hydrogen-bond acceptors (Lipinski definition) is 6. The number of carbonyl (C=O) groups is 1. The first kappa shape index (κ1) is 29.0. The van der Waals surface area contributed by atoms with Crippen LogP contribution < -0.4 is 15.5 Å². The van der Waals surface area contributed by atoms with E-state index in [0.717, 1.165) is 57.0 Å². The van der Waals surface area contributed by atoms with Gasteiger partial charge in [-0.05, 0) is 53.9 Å². The number of urea groups is 1. The van der Waals surface area contributed by atoms with Crippen LogP contribution in [0.2, 0.25) is 0 Å². The third-order valence-electron chi connectivity index (χ3n) is 8.26. The molecule has 0 atom stereocenters. The van der Waals surface area contributed by atoms with Crippen molar-refractivity contribution in [3.8, 4) is 22.5 Å². The highest BCUT2D eigenvalue weighted by Gasteiger charge is 2.23. The third kappa shape index (κ3) is 6.25. The summed E-state index contributed by atoms with van der Waals surface area (Å²) in [7, 11) is 0. The number of anilines is 3. The summed E-state index contributed by atoms with van der Waals surface area (Å²) in [5.74, 6) is 1.23. The quantitative estimate of drug-likeness (QED) is 0.183. The minimum atomic E-state index is -0.249. The van der Waals surface area contributed by atoms with Gasteiger partial charge in [0.1, 0.15) is 23.7 Å². The highest BCUT2D eigenvalue weighted by molar-refractivity contribution is 6.05. The molecule has 230 valence electrons. The molecule has 3 heterocycles. The Morgan fingerprint density at radius 1 is 0.783 bits per heavy atom. The molecular formula is C37H33FN6O2. The number of amides is 2. The van der Waals surface area contributed by atoms with Gasteiger partial charge in [-0.25, -0.2) is 19.2 Å². The summed E-state index contributed by atoms with van der Waals surface area (Å²) in [6.07, 6.45) is 2.28. The molecule has 0 bridgehead atoms. The molecule has 2 N–H and O–H groups in total. The maximum absolute atomic E-state index is 13.3. The molecule has 1 fully saturated rings. The van der Waals surface area contributed by atoms with Crippen LogP contribution in [0.15, 0.2) is 120 Å². The molecule has 0 saturated carbocycles. The van der Waals surface area contributed by atoms with Crippen molar-refractivity contribution in [2.24, 2.45) is 0 Å². The predicted molar refractivity (Wildman–Crippen MR) is 181 cm³/mol. The SMILES string of the molecule is O=C(Nc1ccc(CCNc2ncnc3oc(-c4ccccc4)c(-c4ccccc4)c23)cc1)N1CCN(c2ccc(F)cc2)CC1. The molecule has 1 aliphatic rings. The van der Waals surface area contributed by atoms with E-state index in [4.69, 9.17) is 4.42 Å². The summed E-state index contributed by atoms with van der Waals surface area (Å²) >= 11 is 0. The molecular weight excluding hydrogens is 579 g/mol. The highest BCUT2D eigenvalue weighted by Crippen LogP contribution is 2.42. The number of halogens is 1. The van der Waals surface area contributed by atoms with Crippen molar-refractivity contribution in [1.82, 2.24) is 14.9 Å². The lowest BCUT2D eigenvalue weighted by Crippen LogP contribution is -2.50. The number of benzene rings is 4. The van der Waals surface area contributed by atoms with Gasteiger partial charge in [0, 0.05) is 55.2 Å². The van der Waals surface area contributed by atoms with E-state index in [1.807, 2.05) is 77.7 Å². The van der Waals surface area contributed by atoms with Gasteiger partial charge in [0.2, 0.25) is 5.71 Å². The first-order chi connectivity index (χ1) is 22.6.